The van der Waals surface area contributed by atoms with Gasteiger partial charge in [0.2, 0.25) is 0 Å². The number of hydrogen-bond acceptors (Lipinski definition) is 5. The largest absolute Gasteiger partial charge is 0.451 e. The molecule has 0 aliphatic heterocycles. The van der Waals surface area contributed by atoms with Crippen molar-refractivity contribution in [2.45, 2.75) is 20.0 Å². The van der Waals surface area contributed by atoms with Gasteiger partial charge in [-0.25, -0.2) is 9.78 Å². The lowest BCUT2D eigenvalue weighted by atomic mass is 10.1. The summed E-state index contributed by atoms with van der Waals surface area (Å²) in [6, 6.07) is 14.8. The second-order valence-electron chi connectivity index (χ2n) is 5.08. The highest BCUT2D eigenvalue weighted by molar-refractivity contribution is 5.93. The Morgan fingerprint density at radius 3 is 2.57 bits per heavy atom. The van der Waals surface area contributed by atoms with Crippen LogP contribution < -0.4 is 0 Å². The topological polar surface area (TPSA) is 65.2 Å². The molecule has 0 bridgehead atoms. The number of carbonyl (C=O) groups is 1. The third-order valence-corrected chi connectivity index (χ3v) is 3.35. The molecule has 5 heteroatoms. The van der Waals surface area contributed by atoms with Crippen molar-refractivity contribution in [1.29, 1.82) is 0 Å². The number of pyridine rings is 1. The molecular weight excluding hydrogens is 292 g/mol. The predicted molar refractivity (Wildman–Crippen MR) is 84.7 cm³/mol. The van der Waals surface area contributed by atoms with Crippen LogP contribution in [-0.4, -0.2) is 15.9 Å². The van der Waals surface area contributed by atoms with E-state index in [0.29, 0.717) is 17.3 Å². The molecule has 0 N–H and O–H groups in total. The van der Waals surface area contributed by atoms with E-state index in [1.165, 1.54) is 0 Å². The highest BCUT2D eigenvalue weighted by Gasteiger charge is 2.23. The molecule has 2 heterocycles. The first kappa shape index (κ1) is 15.0. The normalized spacial score (nSPS) is 11.9. The van der Waals surface area contributed by atoms with Crippen LogP contribution in [0.4, 0.5) is 0 Å². The average Bonchev–Trinajstić information content (AvgIpc) is 2.98. The first-order valence-corrected chi connectivity index (χ1v) is 7.30. The molecule has 1 unspecified atom stereocenters. The number of esters is 1. The van der Waals surface area contributed by atoms with Gasteiger partial charge in [0, 0.05) is 18.7 Å². The van der Waals surface area contributed by atoms with E-state index in [1.807, 2.05) is 48.5 Å². The van der Waals surface area contributed by atoms with E-state index >= 15 is 0 Å². The van der Waals surface area contributed by atoms with Gasteiger partial charge in [0.15, 0.2) is 17.3 Å². The molecule has 116 valence electrons. The van der Waals surface area contributed by atoms with Crippen molar-refractivity contribution in [3.8, 4) is 11.3 Å². The Bertz CT molecular complexity index is 798. The maximum absolute atomic E-state index is 12.5. The standard InChI is InChI=1S/C18H16N2O3/c1-12(15-10-6-7-11-19-15)22-18(21)16-17(23-13(2)20-16)14-8-4-3-5-9-14/h3-12H,1-2H3. The fourth-order valence-electron chi connectivity index (χ4n) is 2.24. The van der Waals surface area contributed by atoms with E-state index in [9.17, 15) is 4.79 Å². The lowest BCUT2D eigenvalue weighted by molar-refractivity contribution is 0.0323. The van der Waals surface area contributed by atoms with E-state index in [2.05, 4.69) is 9.97 Å². The Morgan fingerprint density at radius 1 is 1.13 bits per heavy atom. The molecule has 0 aliphatic carbocycles. The van der Waals surface area contributed by atoms with Crippen molar-refractivity contribution in [3.63, 3.8) is 0 Å². The molecule has 1 atom stereocenters. The summed E-state index contributed by atoms with van der Waals surface area (Å²) in [6.07, 6.45) is 1.19. The molecule has 23 heavy (non-hydrogen) atoms. The van der Waals surface area contributed by atoms with Gasteiger partial charge in [-0.2, -0.15) is 0 Å². The molecule has 1 aromatic carbocycles. The van der Waals surface area contributed by atoms with Gasteiger partial charge in [-0.15, -0.1) is 0 Å². The summed E-state index contributed by atoms with van der Waals surface area (Å²) >= 11 is 0. The molecular formula is C18H16N2O3. The van der Waals surface area contributed by atoms with Crippen LogP contribution in [0.2, 0.25) is 0 Å². The van der Waals surface area contributed by atoms with Crippen molar-refractivity contribution < 1.29 is 13.9 Å². The summed E-state index contributed by atoms with van der Waals surface area (Å²) in [5.41, 5.74) is 1.64. The third kappa shape index (κ3) is 3.29. The fraction of sp³-hybridized carbons (Fsp3) is 0.167. The number of benzene rings is 1. The van der Waals surface area contributed by atoms with Crippen LogP contribution in [0, 0.1) is 6.92 Å². The first-order chi connectivity index (χ1) is 11.1. The SMILES string of the molecule is Cc1nc(C(=O)OC(C)c2ccccn2)c(-c2ccccc2)o1. The quantitative estimate of drug-likeness (QED) is 0.682. The summed E-state index contributed by atoms with van der Waals surface area (Å²) < 4.78 is 11.1. The zero-order chi connectivity index (χ0) is 16.2. The van der Waals surface area contributed by atoms with Gasteiger partial charge in [-0.05, 0) is 19.1 Å². The van der Waals surface area contributed by atoms with Crippen molar-refractivity contribution in [1.82, 2.24) is 9.97 Å². The third-order valence-electron chi connectivity index (χ3n) is 3.35. The smallest absolute Gasteiger partial charge is 0.361 e. The number of hydrogen-bond donors (Lipinski definition) is 0. The van der Waals surface area contributed by atoms with Gasteiger partial charge in [0.05, 0.1) is 5.69 Å². The van der Waals surface area contributed by atoms with Crippen LogP contribution in [-0.2, 0) is 4.74 Å². The Morgan fingerprint density at radius 2 is 1.87 bits per heavy atom. The molecule has 3 aromatic rings. The lowest BCUT2D eigenvalue weighted by Crippen LogP contribution is -2.11. The van der Waals surface area contributed by atoms with Crippen LogP contribution >= 0.6 is 0 Å². The Kier molecular flexibility index (Phi) is 4.19. The van der Waals surface area contributed by atoms with Crippen LogP contribution in [0.15, 0.2) is 59.1 Å². The lowest BCUT2D eigenvalue weighted by Gasteiger charge is -2.11. The van der Waals surface area contributed by atoms with Crippen LogP contribution in [0.3, 0.4) is 0 Å². The summed E-state index contributed by atoms with van der Waals surface area (Å²) in [5, 5.41) is 0. The molecule has 0 spiro atoms. The summed E-state index contributed by atoms with van der Waals surface area (Å²) in [6.45, 7) is 3.47. The van der Waals surface area contributed by atoms with E-state index in [1.54, 1.807) is 20.0 Å². The molecule has 0 saturated carbocycles. The first-order valence-electron chi connectivity index (χ1n) is 7.30. The summed E-state index contributed by atoms with van der Waals surface area (Å²) in [5.74, 6) is 0.307. The van der Waals surface area contributed by atoms with E-state index in [0.717, 1.165) is 5.56 Å². The molecule has 5 nitrogen and oxygen atoms in total. The van der Waals surface area contributed by atoms with E-state index in [-0.39, 0.29) is 5.69 Å². The van der Waals surface area contributed by atoms with Gasteiger partial charge < -0.3 is 9.15 Å². The summed E-state index contributed by atoms with van der Waals surface area (Å²) in [7, 11) is 0. The molecule has 2 aromatic heterocycles. The van der Waals surface area contributed by atoms with Gasteiger partial charge >= 0.3 is 5.97 Å². The van der Waals surface area contributed by atoms with Crippen molar-refractivity contribution in [2.75, 3.05) is 0 Å². The number of rotatable bonds is 4. The fourth-order valence-corrected chi connectivity index (χ4v) is 2.24. The van der Waals surface area contributed by atoms with E-state index < -0.39 is 12.1 Å². The molecule has 0 amide bonds. The second-order valence-corrected chi connectivity index (χ2v) is 5.08. The maximum Gasteiger partial charge on any atom is 0.361 e. The van der Waals surface area contributed by atoms with Gasteiger partial charge in [-0.1, -0.05) is 36.4 Å². The van der Waals surface area contributed by atoms with E-state index in [4.69, 9.17) is 9.15 Å². The number of oxazole rings is 1. The highest BCUT2D eigenvalue weighted by atomic mass is 16.5. The Balaban J connectivity index is 1.86. The zero-order valence-corrected chi connectivity index (χ0v) is 12.9. The monoisotopic (exact) mass is 308 g/mol. The molecule has 0 fully saturated rings. The molecule has 0 aliphatic rings. The number of ether oxygens (including phenoxy) is 1. The number of aromatic nitrogens is 2. The highest BCUT2D eigenvalue weighted by Crippen LogP contribution is 2.26. The number of nitrogens with zero attached hydrogens (tertiary/aromatic N) is 2. The minimum Gasteiger partial charge on any atom is -0.451 e. The number of aryl methyl sites for hydroxylation is 1. The van der Waals surface area contributed by atoms with Gasteiger partial charge in [0.1, 0.15) is 6.10 Å². The second kappa shape index (κ2) is 6.44. The van der Waals surface area contributed by atoms with Gasteiger partial charge in [-0.3, -0.25) is 4.98 Å². The minimum absolute atomic E-state index is 0.177. The Labute approximate surface area is 134 Å². The minimum atomic E-state index is -0.529. The number of carbonyl (C=O) groups excluding carboxylic acids is 1. The van der Waals surface area contributed by atoms with Crippen LogP contribution in [0.25, 0.3) is 11.3 Å². The van der Waals surface area contributed by atoms with Crippen LogP contribution in [0.5, 0.6) is 0 Å². The van der Waals surface area contributed by atoms with Crippen molar-refractivity contribution in [3.05, 3.63) is 72.0 Å². The van der Waals surface area contributed by atoms with Crippen molar-refractivity contribution in [2.24, 2.45) is 0 Å². The molecule has 3 rings (SSSR count). The van der Waals surface area contributed by atoms with Gasteiger partial charge in [0.25, 0.3) is 0 Å². The maximum atomic E-state index is 12.5. The molecule has 0 radical (unpaired) electrons. The molecule has 0 saturated heterocycles. The summed E-state index contributed by atoms with van der Waals surface area (Å²) in [4.78, 5) is 20.8. The van der Waals surface area contributed by atoms with Crippen LogP contribution in [0.1, 0.15) is 35.1 Å². The Hall–Kier alpha value is -2.95. The average molecular weight is 308 g/mol. The zero-order valence-electron chi connectivity index (χ0n) is 12.9. The van der Waals surface area contributed by atoms with Crippen molar-refractivity contribution >= 4 is 5.97 Å². The predicted octanol–water partition coefficient (Wildman–Crippen LogP) is 3.96.